The lowest BCUT2D eigenvalue weighted by Crippen LogP contribution is -2.24. The average molecular weight is 288 g/mol. The molecule has 5 nitrogen and oxygen atoms in total. The van der Waals surface area contributed by atoms with Crippen molar-refractivity contribution in [2.45, 2.75) is 51.6 Å². The van der Waals surface area contributed by atoms with Gasteiger partial charge in [0, 0.05) is 24.4 Å². The SMILES string of the molecule is Cn1cccc1[C@@H]1CCCN1Cc1noc(C(C)(C)C)n1. The average Bonchev–Trinajstić information content (AvgIpc) is 3.09. The summed E-state index contributed by atoms with van der Waals surface area (Å²) in [5.41, 5.74) is 1.28. The molecule has 21 heavy (non-hydrogen) atoms. The molecule has 3 heterocycles. The van der Waals surface area contributed by atoms with E-state index in [2.05, 4.69) is 65.8 Å². The molecular weight excluding hydrogens is 264 g/mol. The number of nitrogens with zero attached hydrogens (tertiary/aromatic N) is 4. The van der Waals surface area contributed by atoms with Crippen molar-refractivity contribution >= 4 is 0 Å². The van der Waals surface area contributed by atoms with Crippen molar-refractivity contribution in [3.8, 4) is 0 Å². The highest BCUT2D eigenvalue weighted by Gasteiger charge is 2.29. The van der Waals surface area contributed by atoms with Crippen LogP contribution in [0.2, 0.25) is 0 Å². The molecule has 0 spiro atoms. The first-order valence-electron chi connectivity index (χ1n) is 7.63. The number of likely N-dealkylation sites (tertiary alicyclic amines) is 1. The van der Waals surface area contributed by atoms with E-state index in [1.54, 1.807) is 0 Å². The van der Waals surface area contributed by atoms with Gasteiger partial charge < -0.3 is 9.09 Å². The second-order valence-corrected chi connectivity index (χ2v) is 6.94. The van der Waals surface area contributed by atoms with E-state index in [9.17, 15) is 0 Å². The molecule has 3 rings (SSSR count). The van der Waals surface area contributed by atoms with Crippen LogP contribution in [0.4, 0.5) is 0 Å². The summed E-state index contributed by atoms with van der Waals surface area (Å²) in [7, 11) is 2.11. The first-order chi connectivity index (χ1) is 9.95. The lowest BCUT2D eigenvalue weighted by Gasteiger charge is -2.23. The van der Waals surface area contributed by atoms with Crippen molar-refractivity contribution in [1.82, 2.24) is 19.6 Å². The minimum absolute atomic E-state index is 0.0895. The second-order valence-electron chi connectivity index (χ2n) is 6.94. The van der Waals surface area contributed by atoms with Gasteiger partial charge in [-0.3, -0.25) is 4.90 Å². The van der Waals surface area contributed by atoms with E-state index in [4.69, 9.17) is 4.52 Å². The minimum Gasteiger partial charge on any atom is -0.353 e. The maximum absolute atomic E-state index is 5.40. The molecule has 0 N–H and O–H groups in total. The third kappa shape index (κ3) is 2.88. The van der Waals surface area contributed by atoms with Gasteiger partial charge in [0.2, 0.25) is 5.89 Å². The molecule has 0 aliphatic carbocycles. The Bertz CT molecular complexity index is 608. The van der Waals surface area contributed by atoms with Gasteiger partial charge in [0.15, 0.2) is 5.82 Å². The molecule has 0 amide bonds. The van der Waals surface area contributed by atoms with Crippen molar-refractivity contribution in [3.05, 3.63) is 35.7 Å². The molecular formula is C16H24N4O. The molecule has 0 aromatic carbocycles. The number of aryl methyl sites for hydroxylation is 1. The smallest absolute Gasteiger partial charge is 0.232 e. The Kier molecular flexibility index (Phi) is 3.61. The molecule has 2 aromatic rings. The first-order valence-corrected chi connectivity index (χ1v) is 7.63. The molecule has 5 heteroatoms. The van der Waals surface area contributed by atoms with Crippen molar-refractivity contribution in [3.63, 3.8) is 0 Å². The summed E-state index contributed by atoms with van der Waals surface area (Å²) in [4.78, 5) is 7.01. The Morgan fingerprint density at radius 1 is 1.38 bits per heavy atom. The first kappa shape index (κ1) is 14.3. The fourth-order valence-electron chi connectivity index (χ4n) is 2.98. The van der Waals surface area contributed by atoms with Crippen molar-refractivity contribution in [2.24, 2.45) is 7.05 Å². The van der Waals surface area contributed by atoms with Crippen LogP contribution in [0, 0.1) is 0 Å². The Morgan fingerprint density at radius 3 is 2.81 bits per heavy atom. The van der Waals surface area contributed by atoms with Gasteiger partial charge in [-0.2, -0.15) is 4.98 Å². The molecule has 1 aliphatic heterocycles. The lowest BCUT2D eigenvalue weighted by molar-refractivity contribution is 0.230. The summed E-state index contributed by atoms with van der Waals surface area (Å²) < 4.78 is 7.60. The van der Waals surface area contributed by atoms with Crippen LogP contribution in [-0.2, 0) is 19.0 Å². The topological polar surface area (TPSA) is 47.1 Å². The summed E-state index contributed by atoms with van der Waals surface area (Å²) in [5.74, 6) is 1.51. The number of hydrogen-bond acceptors (Lipinski definition) is 4. The zero-order chi connectivity index (χ0) is 15.0. The van der Waals surface area contributed by atoms with Gasteiger partial charge in [-0.15, -0.1) is 0 Å². The predicted molar refractivity (Wildman–Crippen MR) is 80.8 cm³/mol. The standard InChI is InChI=1S/C16H24N4O/c1-16(2,3)15-17-14(18-21-15)11-20-10-6-8-13(20)12-7-5-9-19(12)4/h5,7,9,13H,6,8,10-11H2,1-4H3/t13-/m0/s1. The van der Waals surface area contributed by atoms with Gasteiger partial charge in [-0.1, -0.05) is 25.9 Å². The summed E-state index contributed by atoms with van der Waals surface area (Å²) >= 11 is 0. The third-order valence-electron chi connectivity index (χ3n) is 4.14. The molecule has 114 valence electrons. The summed E-state index contributed by atoms with van der Waals surface area (Å²) in [6, 6.07) is 4.78. The van der Waals surface area contributed by atoms with Gasteiger partial charge in [0.05, 0.1) is 12.6 Å². The molecule has 1 atom stereocenters. The number of rotatable bonds is 3. The van der Waals surface area contributed by atoms with Crippen LogP contribution < -0.4 is 0 Å². The molecule has 0 radical (unpaired) electrons. The van der Waals surface area contributed by atoms with E-state index < -0.39 is 0 Å². The van der Waals surface area contributed by atoms with Crippen molar-refractivity contribution in [1.29, 1.82) is 0 Å². The largest absolute Gasteiger partial charge is 0.353 e. The number of aromatic nitrogens is 3. The quantitative estimate of drug-likeness (QED) is 0.871. The van der Waals surface area contributed by atoms with Gasteiger partial charge >= 0.3 is 0 Å². The highest BCUT2D eigenvalue weighted by molar-refractivity contribution is 5.13. The summed E-state index contributed by atoms with van der Waals surface area (Å²) in [6.45, 7) is 8.12. The van der Waals surface area contributed by atoms with Gasteiger partial charge in [-0.25, -0.2) is 0 Å². The highest BCUT2D eigenvalue weighted by atomic mass is 16.5. The molecule has 2 aromatic heterocycles. The zero-order valence-corrected chi connectivity index (χ0v) is 13.3. The van der Waals surface area contributed by atoms with Crippen molar-refractivity contribution in [2.75, 3.05) is 6.54 Å². The lowest BCUT2D eigenvalue weighted by atomic mass is 9.97. The van der Waals surface area contributed by atoms with Crippen LogP contribution in [0.3, 0.4) is 0 Å². The van der Waals surface area contributed by atoms with E-state index in [0.29, 0.717) is 11.9 Å². The van der Waals surface area contributed by atoms with E-state index in [-0.39, 0.29) is 5.41 Å². The maximum Gasteiger partial charge on any atom is 0.232 e. The van der Waals surface area contributed by atoms with E-state index in [1.165, 1.54) is 18.5 Å². The molecule has 1 saturated heterocycles. The fourth-order valence-corrected chi connectivity index (χ4v) is 2.98. The van der Waals surface area contributed by atoms with Crippen LogP contribution in [-0.4, -0.2) is 26.2 Å². The Hall–Kier alpha value is -1.62. The van der Waals surface area contributed by atoms with Gasteiger partial charge in [-0.05, 0) is 31.5 Å². The third-order valence-corrected chi connectivity index (χ3v) is 4.14. The molecule has 0 unspecified atom stereocenters. The van der Waals surface area contributed by atoms with Crippen LogP contribution >= 0.6 is 0 Å². The molecule has 1 aliphatic rings. The van der Waals surface area contributed by atoms with Crippen molar-refractivity contribution < 1.29 is 4.52 Å². The van der Waals surface area contributed by atoms with Gasteiger partial charge in [0.1, 0.15) is 0 Å². The normalized spacial score (nSPS) is 20.3. The number of hydrogen-bond donors (Lipinski definition) is 0. The Balaban J connectivity index is 1.75. The second kappa shape index (κ2) is 5.30. The maximum atomic E-state index is 5.40. The Morgan fingerprint density at radius 2 is 2.19 bits per heavy atom. The molecule has 1 fully saturated rings. The van der Waals surface area contributed by atoms with E-state index in [1.807, 2.05) is 0 Å². The molecule has 0 saturated carbocycles. The predicted octanol–water partition coefficient (Wildman–Crippen LogP) is 3.04. The molecule has 0 bridgehead atoms. The fraction of sp³-hybridized carbons (Fsp3) is 0.625. The highest BCUT2D eigenvalue weighted by Crippen LogP contribution is 2.33. The monoisotopic (exact) mass is 288 g/mol. The van der Waals surface area contributed by atoms with Crippen LogP contribution in [0.5, 0.6) is 0 Å². The Labute approximate surface area is 125 Å². The minimum atomic E-state index is -0.0895. The van der Waals surface area contributed by atoms with E-state index >= 15 is 0 Å². The summed E-state index contributed by atoms with van der Waals surface area (Å²) in [6.07, 6.45) is 4.53. The van der Waals surface area contributed by atoms with Gasteiger partial charge in [0.25, 0.3) is 0 Å². The van der Waals surface area contributed by atoms with Crippen LogP contribution in [0.15, 0.2) is 22.9 Å². The van der Waals surface area contributed by atoms with Crippen LogP contribution in [0.25, 0.3) is 0 Å². The van der Waals surface area contributed by atoms with Crippen LogP contribution in [0.1, 0.15) is 57.1 Å². The summed E-state index contributed by atoms with van der Waals surface area (Å²) in [5, 5.41) is 4.15. The zero-order valence-electron chi connectivity index (χ0n) is 13.3. The van der Waals surface area contributed by atoms with E-state index in [0.717, 1.165) is 18.9 Å².